The Kier molecular flexibility index (Phi) is 2.95. The molecule has 0 bridgehead atoms. The molecule has 2 aromatic rings. The molecular weight excluding hydrogens is 252 g/mol. The quantitative estimate of drug-likeness (QED) is 0.803. The minimum atomic E-state index is -0.0546. The van der Waals surface area contributed by atoms with Gasteiger partial charge in [0.2, 0.25) is 0 Å². The molecule has 0 amide bonds. The number of fused-ring (bicyclic) bond motifs is 2. The molecule has 0 atom stereocenters. The van der Waals surface area contributed by atoms with E-state index in [2.05, 4.69) is 15.3 Å². The number of aromatic nitrogens is 2. The van der Waals surface area contributed by atoms with E-state index < -0.39 is 0 Å². The molecule has 20 heavy (non-hydrogen) atoms. The van der Waals surface area contributed by atoms with E-state index >= 15 is 0 Å². The predicted molar refractivity (Wildman–Crippen MR) is 77.8 cm³/mol. The lowest BCUT2D eigenvalue weighted by Gasteiger charge is -2.11. The molecule has 1 aliphatic heterocycles. The number of nitrogens with zero attached hydrogens (tertiary/aromatic N) is 3. The van der Waals surface area contributed by atoms with Crippen LogP contribution in [0.3, 0.4) is 0 Å². The van der Waals surface area contributed by atoms with Crippen molar-refractivity contribution in [3.8, 4) is 0 Å². The Morgan fingerprint density at radius 2 is 2.05 bits per heavy atom. The van der Waals surface area contributed by atoms with E-state index in [0.29, 0.717) is 17.0 Å². The summed E-state index contributed by atoms with van der Waals surface area (Å²) in [6.45, 7) is 0. The average Bonchev–Trinajstić information content (AvgIpc) is 2.55. The molecule has 0 unspecified atom stereocenters. The molecule has 0 saturated carbocycles. The molecule has 5 nitrogen and oxygen atoms in total. The number of hydrogen-bond donors (Lipinski definition) is 1. The van der Waals surface area contributed by atoms with Gasteiger partial charge >= 0.3 is 0 Å². The van der Waals surface area contributed by atoms with Crippen LogP contribution in [0.1, 0.15) is 15.9 Å². The highest BCUT2D eigenvalue weighted by atomic mass is 16.1. The summed E-state index contributed by atoms with van der Waals surface area (Å²) in [5.41, 5.74) is 2.79. The SMILES string of the molecule is CN(C)C=C1C(=O)c2cccnc2Nc2ccncc21. The van der Waals surface area contributed by atoms with Crippen LogP contribution in [0.15, 0.2) is 43.0 Å². The molecule has 0 aromatic carbocycles. The van der Waals surface area contributed by atoms with Gasteiger partial charge in [-0.05, 0) is 18.2 Å². The maximum Gasteiger partial charge on any atom is 0.198 e. The fourth-order valence-corrected chi connectivity index (χ4v) is 2.19. The van der Waals surface area contributed by atoms with Crippen LogP contribution >= 0.6 is 0 Å². The van der Waals surface area contributed by atoms with Gasteiger partial charge in [0.05, 0.1) is 11.3 Å². The monoisotopic (exact) mass is 266 g/mol. The van der Waals surface area contributed by atoms with E-state index in [0.717, 1.165) is 11.3 Å². The summed E-state index contributed by atoms with van der Waals surface area (Å²) in [5, 5.41) is 3.21. The van der Waals surface area contributed by atoms with Crippen LogP contribution < -0.4 is 5.32 Å². The zero-order chi connectivity index (χ0) is 14.1. The van der Waals surface area contributed by atoms with Crippen molar-refractivity contribution >= 4 is 22.9 Å². The fourth-order valence-electron chi connectivity index (χ4n) is 2.19. The molecule has 0 fully saturated rings. The molecule has 1 N–H and O–H groups in total. The highest BCUT2D eigenvalue weighted by Crippen LogP contribution is 2.34. The first-order valence-corrected chi connectivity index (χ1v) is 6.26. The number of ketones is 1. The lowest BCUT2D eigenvalue weighted by atomic mass is 10.00. The molecule has 0 spiro atoms. The van der Waals surface area contributed by atoms with Gasteiger partial charge in [-0.2, -0.15) is 0 Å². The standard InChI is InChI=1S/C15H14N4O/c1-19(2)9-12-11-8-16-7-5-13(11)18-15-10(14(12)20)4-3-6-17-15/h3-9H,1-2H3,(H,17,18). The minimum absolute atomic E-state index is 0.0546. The van der Waals surface area contributed by atoms with Gasteiger partial charge in [0, 0.05) is 50.0 Å². The molecule has 100 valence electrons. The molecule has 0 saturated heterocycles. The molecule has 3 heterocycles. The molecular formula is C15H14N4O. The maximum absolute atomic E-state index is 12.7. The minimum Gasteiger partial charge on any atom is -0.383 e. The van der Waals surface area contributed by atoms with Crippen LogP contribution in [0.4, 0.5) is 11.5 Å². The number of Topliss-reactive ketones (excluding diaryl/α,β-unsaturated/α-hetero) is 1. The van der Waals surface area contributed by atoms with Crippen molar-refractivity contribution in [1.29, 1.82) is 0 Å². The Labute approximate surface area is 117 Å². The van der Waals surface area contributed by atoms with E-state index in [1.54, 1.807) is 30.7 Å². The third-order valence-corrected chi connectivity index (χ3v) is 3.05. The number of allylic oxidation sites excluding steroid dienone is 1. The number of carbonyl (C=O) groups is 1. The molecule has 0 radical (unpaired) electrons. The van der Waals surface area contributed by atoms with Gasteiger partial charge in [-0.1, -0.05) is 0 Å². The molecule has 0 aliphatic carbocycles. The Bertz CT molecular complexity index is 707. The first-order chi connectivity index (χ1) is 9.66. The largest absolute Gasteiger partial charge is 0.383 e. The van der Waals surface area contributed by atoms with Gasteiger partial charge in [-0.15, -0.1) is 0 Å². The summed E-state index contributed by atoms with van der Waals surface area (Å²) < 4.78 is 0. The Morgan fingerprint density at radius 1 is 1.20 bits per heavy atom. The van der Waals surface area contributed by atoms with Crippen molar-refractivity contribution in [2.24, 2.45) is 0 Å². The second kappa shape index (κ2) is 4.77. The van der Waals surface area contributed by atoms with E-state index in [4.69, 9.17) is 0 Å². The molecule has 1 aliphatic rings. The molecule has 2 aromatic heterocycles. The summed E-state index contributed by atoms with van der Waals surface area (Å²) in [4.78, 5) is 23.0. The number of carbonyl (C=O) groups excluding carboxylic acids is 1. The number of rotatable bonds is 1. The Hall–Kier alpha value is -2.69. The van der Waals surface area contributed by atoms with Gasteiger partial charge in [0.25, 0.3) is 0 Å². The second-order valence-electron chi connectivity index (χ2n) is 4.78. The number of hydrogen-bond acceptors (Lipinski definition) is 5. The highest BCUT2D eigenvalue weighted by molar-refractivity contribution is 6.32. The first kappa shape index (κ1) is 12.3. The number of nitrogens with one attached hydrogen (secondary N) is 1. The van der Waals surface area contributed by atoms with Crippen LogP contribution in [0.25, 0.3) is 5.57 Å². The smallest absolute Gasteiger partial charge is 0.198 e. The van der Waals surface area contributed by atoms with Crippen molar-refractivity contribution in [2.45, 2.75) is 0 Å². The summed E-state index contributed by atoms with van der Waals surface area (Å²) in [5.74, 6) is 0.521. The van der Waals surface area contributed by atoms with Gasteiger partial charge in [-0.3, -0.25) is 9.78 Å². The van der Waals surface area contributed by atoms with E-state index in [1.165, 1.54) is 0 Å². The fraction of sp³-hybridized carbons (Fsp3) is 0.133. The third kappa shape index (κ3) is 2.03. The Morgan fingerprint density at radius 3 is 2.85 bits per heavy atom. The molecule has 5 heteroatoms. The van der Waals surface area contributed by atoms with Crippen molar-refractivity contribution in [2.75, 3.05) is 19.4 Å². The zero-order valence-electron chi connectivity index (χ0n) is 11.3. The zero-order valence-corrected chi connectivity index (χ0v) is 11.3. The van der Waals surface area contributed by atoms with Crippen molar-refractivity contribution < 1.29 is 4.79 Å². The number of pyridine rings is 2. The second-order valence-corrected chi connectivity index (χ2v) is 4.78. The summed E-state index contributed by atoms with van der Waals surface area (Å²) >= 11 is 0. The summed E-state index contributed by atoms with van der Waals surface area (Å²) in [6, 6.07) is 5.39. The summed E-state index contributed by atoms with van der Waals surface area (Å²) in [7, 11) is 3.78. The van der Waals surface area contributed by atoms with Crippen LogP contribution in [0, 0.1) is 0 Å². The summed E-state index contributed by atoms with van der Waals surface area (Å²) in [6.07, 6.45) is 6.87. The first-order valence-electron chi connectivity index (χ1n) is 6.26. The normalized spacial score (nSPS) is 15.1. The van der Waals surface area contributed by atoms with E-state index in [1.807, 2.05) is 31.3 Å². The van der Waals surface area contributed by atoms with Gasteiger partial charge in [-0.25, -0.2) is 4.98 Å². The maximum atomic E-state index is 12.7. The van der Waals surface area contributed by atoms with E-state index in [-0.39, 0.29) is 5.78 Å². The predicted octanol–water partition coefficient (Wildman–Crippen LogP) is 2.32. The van der Waals surface area contributed by atoms with Crippen molar-refractivity contribution in [3.05, 3.63) is 54.1 Å². The van der Waals surface area contributed by atoms with Crippen LogP contribution in [-0.2, 0) is 0 Å². The van der Waals surface area contributed by atoms with Gasteiger partial charge in [0.1, 0.15) is 5.82 Å². The molecule has 3 rings (SSSR count). The van der Waals surface area contributed by atoms with Gasteiger partial charge in [0.15, 0.2) is 5.78 Å². The van der Waals surface area contributed by atoms with Crippen LogP contribution in [-0.4, -0.2) is 34.7 Å². The third-order valence-electron chi connectivity index (χ3n) is 3.05. The van der Waals surface area contributed by atoms with Gasteiger partial charge < -0.3 is 10.2 Å². The number of anilines is 2. The average molecular weight is 266 g/mol. The van der Waals surface area contributed by atoms with E-state index in [9.17, 15) is 4.79 Å². The topological polar surface area (TPSA) is 58.1 Å². The van der Waals surface area contributed by atoms with Crippen molar-refractivity contribution in [1.82, 2.24) is 14.9 Å². The Balaban J connectivity index is 2.27. The van der Waals surface area contributed by atoms with Crippen LogP contribution in [0.2, 0.25) is 0 Å². The lowest BCUT2D eigenvalue weighted by Crippen LogP contribution is -2.09. The lowest BCUT2D eigenvalue weighted by molar-refractivity contribution is 0.105. The van der Waals surface area contributed by atoms with Crippen LogP contribution in [0.5, 0.6) is 0 Å². The van der Waals surface area contributed by atoms with Crippen molar-refractivity contribution in [3.63, 3.8) is 0 Å². The highest BCUT2D eigenvalue weighted by Gasteiger charge is 2.25.